The summed E-state index contributed by atoms with van der Waals surface area (Å²) in [5, 5.41) is 12.1. The summed E-state index contributed by atoms with van der Waals surface area (Å²) in [6.45, 7) is 1.16. The number of anilines is 1. The number of hydrogen-bond donors (Lipinski definition) is 2. The lowest BCUT2D eigenvalue weighted by Gasteiger charge is -2.22. The number of rotatable bonds is 5. The van der Waals surface area contributed by atoms with Crippen molar-refractivity contribution in [3.63, 3.8) is 0 Å². The summed E-state index contributed by atoms with van der Waals surface area (Å²) in [5.41, 5.74) is 0.379. The van der Waals surface area contributed by atoms with Crippen LogP contribution in [0.2, 0.25) is 0 Å². The van der Waals surface area contributed by atoms with Gasteiger partial charge in [0.25, 0.3) is 5.91 Å². The summed E-state index contributed by atoms with van der Waals surface area (Å²) < 4.78 is 0. The molecule has 0 radical (unpaired) electrons. The Kier molecular flexibility index (Phi) is 4.72. The second-order valence-corrected chi connectivity index (χ2v) is 5.29. The van der Waals surface area contributed by atoms with E-state index >= 15 is 0 Å². The molecule has 3 rings (SSSR count). The van der Waals surface area contributed by atoms with Crippen LogP contribution in [0.3, 0.4) is 0 Å². The van der Waals surface area contributed by atoms with Crippen molar-refractivity contribution in [1.29, 1.82) is 0 Å². The zero-order valence-corrected chi connectivity index (χ0v) is 12.6. The van der Waals surface area contributed by atoms with Crippen molar-refractivity contribution in [3.8, 4) is 0 Å². The average molecular weight is 314 g/mol. The second-order valence-electron chi connectivity index (χ2n) is 5.29. The van der Waals surface area contributed by atoms with Crippen LogP contribution in [0.5, 0.6) is 0 Å². The molecule has 1 aliphatic heterocycles. The number of hydrogen-bond acceptors (Lipinski definition) is 7. The van der Waals surface area contributed by atoms with Crippen LogP contribution in [-0.4, -0.2) is 50.1 Å². The molecule has 0 aromatic carbocycles. The van der Waals surface area contributed by atoms with Gasteiger partial charge in [-0.25, -0.2) is 19.9 Å². The van der Waals surface area contributed by atoms with E-state index in [9.17, 15) is 9.90 Å². The van der Waals surface area contributed by atoms with Crippen molar-refractivity contribution in [3.05, 3.63) is 42.2 Å². The van der Waals surface area contributed by atoms with Crippen LogP contribution in [0.1, 0.15) is 29.0 Å². The maximum absolute atomic E-state index is 12.1. The van der Waals surface area contributed by atoms with E-state index in [0.717, 1.165) is 19.4 Å². The summed E-state index contributed by atoms with van der Waals surface area (Å²) in [6.07, 6.45) is 8.18. The molecule has 1 aliphatic rings. The quantitative estimate of drug-likeness (QED) is 0.810. The van der Waals surface area contributed by atoms with E-state index < -0.39 is 0 Å². The zero-order chi connectivity index (χ0) is 16.1. The fraction of sp³-hybridized carbons (Fsp3) is 0.400. The van der Waals surface area contributed by atoms with E-state index in [2.05, 4.69) is 25.3 Å². The van der Waals surface area contributed by atoms with Gasteiger partial charge in [0.1, 0.15) is 5.82 Å². The minimum absolute atomic E-state index is 0.0601. The molecule has 8 nitrogen and oxygen atoms in total. The van der Waals surface area contributed by atoms with E-state index in [-0.39, 0.29) is 25.1 Å². The number of carbonyl (C=O) groups excluding carboxylic acids is 1. The van der Waals surface area contributed by atoms with Crippen LogP contribution in [0.4, 0.5) is 5.95 Å². The van der Waals surface area contributed by atoms with Gasteiger partial charge in [-0.15, -0.1) is 0 Å². The molecule has 2 N–H and O–H groups in total. The van der Waals surface area contributed by atoms with Gasteiger partial charge in [-0.05, 0) is 18.9 Å². The number of nitrogens with one attached hydrogen (secondary N) is 1. The number of aromatic nitrogens is 4. The Labute approximate surface area is 133 Å². The van der Waals surface area contributed by atoms with Crippen LogP contribution in [0.25, 0.3) is 0 Å². The van der Waals surface area contributed by atoms with Crippen molar-refractivity contribution < 1.29 is 9.90 Å². The number of carbonyl (C=O) groups is 1. The zero-order valence-electron chi connectivity index (χ0n) is 12.6. The van der Waals surface area contributed by atoms with E-state index in [1.165, 1.54) is 12.4 Å². The molecule has 2 aromatic rings. The fourth-order valence-electron chi connectivity index (χ4n) is 2.56. The van der Waals surface area contributed by atoms with Gasteiger partial charge in [0, 0.05) is 31.3 Å². The maximum Gasteiger partial charge on any atom is 0.254 e. The van der Waals surface area contributed by atoms with Crippen LogP contribution in [0.15, 0.2) is 30.9 Å². The first kappa shape index (κ1) is 15.3. The third-order valence-electron chi connectivity index (χ3n) is 3.77. The lowest BCUT2D eigenvalue weighted by Crippen LogP contribution is -2.33. The highest BCUT2D eigenvalue weighted by Gasteiger charge is 2.25. The predicted molar refractivity (Wildman–Crippen MR) is 82.7 cm³/mol. The van der Waals surface area contributed by atoms with Crippen LogP contribution in [0, 0.1) is 0 Å². The molecule has 1 atom stereocenters. The third-order valence-corrected chi connectivity index (χ3v) is 3.77. The number of aliphatic hydroxyl groups excluding tert-OH is 1. The maximum atomic E-state index is 12.1. The van der Waals surface area contributed by atoms with Crippen LogP contribution >= 0.6 is 0 Å². The molecule has 0 bridgehead atoms. The van der Waals surface area contributed by atoms with Gasteiger partial charge in [-0.2, -0.15) is 0 Å². The predicted octanol–water partition coefficient (Wildman–Crippen LogP) is 0.158. The largest absolute Gasteiger partial charge is 0.394 e. The molecule has 2 aromatic heterocycles. The first-order valence-corrected chi connectivity index (χ1v) is 7.51. The van der Waals surface area contributed by atoms with Crippen molar-refractivity contribution in [2.75, 3.05) is 18.1 Å². The summed E-state index contributed by atoms with van der Waals surface area (Å²) >= 11 is 0. The first-order valence-electron chi connectivity index (χ1n) is 7.51. The Morgan fingerprint density at radius 1 is 1.26 bits per heavy atom. The Morgan fingerprint density at radius 3 is 2.70 bits per heavy atom. The van der Waals surface area contributed by atoms with Gasteiger partial charge < -0.3 is 15.3 Å². The Bertz CT molecular complexity index is 649. The molecule has 0 saturated carbocycles. The molecule has 1 saturated heterocycles. The molecule has 1 amide bonds. The summed E-state index contributed by atoms with van der Waals surface area (Å²) in [5.74, 6) is 0.815. The molecule has 0 aliphatic carbocycles. The number of aliphatic hydroxyl groups is 1. The summed E-state index contributed by atoms with van der Waals surface area (Å²) in [4.78, 5) is 30.6. The summed E-state index contributed by atoms with van der Waals surface area (Å²) in [6, 6.07) is 1.78. The highest BCUT2D eigenvalue weighted by molar-refractivity contribution is 5.93. The molecular weight excluding hydrogens is 296 g/mol. The molecule has 1 fully saturated rings. The summed E-state index contributed by atoms with van der Waals surface area (Å²) in [7, 11) is 0. The lowest BCUT2D eigenvalue weighted by molar-refractivity contribution is 0.0949. The molecule has 8 heteroatoms. The second kappa shape index (κ2) is 7.10. The molecule has 0 unspecified atom stereocenters. The smallest absolute Gasteiger partial charge is 0.254 e. The van der Waals surface area contributed by atoms with Crippen molar-refractivity contribution in [2.24, 2.45) is 0 Å². The van der Waals surface area contributed by atoms with Crippen molar-refractivity contribution in [1.82, 2.24) is 25.3 Å². The van der Waals surface area contributed by atoms with Gasteiger partial charge in [0.05, 0.1) is 24.8 Å². The van der Waals surface area contributed by atoms with Crippen LogP contribution in [-0.2, 0) is 6.54 Å². The highest BCUT2D eigenvalue weighted by atomic mass is 16.3. The molecule has 3 heterocycles. The van der Waals surface area contributed by atoms with E-state index in [1.54, 1.807) is 18.5 Å². The molecular formula is C15H18N6O2. The van der Waals surface area contributed by atoms with E-state index in [4.69, 9.17) is 0 Å². The Hall–Kier alpha value is -2.61. The topological polar surface area (TPSA) is 104 Å². The van der Waals surface area contributed by atoms with E-state index in [1.807, 2.05) is 4.90 Å². The first-order chi connectivity index (χ1) is 11.3. The van der Waals surface area contributed by atoms with Crippen LogP contribution < -0.4 is 10.2 Å². The number of nitrogens with zero attached hydrogens (tertiary/aromatic N) is 5. The molecule has 23 heavy (non-hydrogen) atoms. The molecule has 0 spiro atoms. The minimum Gasteiger partial charge on any atom is -0.394 e. The highest BCUT2D eigenvalue weighted by Crippen LogP contribution is 2.21. The minimum atomic E-state index is -0.274. The Balaban J connectivity index is 1.61. The normalized spacial score (nSPS) is 17.3. The van der Waals surface area contributed by atoms with Gasteiger partial charge >= 0.3 is 0 Å². The van der Waals surface area contributed by atoms with Gasteiger partial charge in [0.15, 0.2) is 0 Å². The fourth-order valence-corrected chi connectivity index (χ4v) is 2.56. The monoisotopic (exact) mass is 314 g/mol. The standard InChI is InChI=1S/C15H18N6O2/c22-10-12-3-1-6-21(12)15-19-7-11(8-20-15)14(23)18-9-13-16-4-2-5-17-13/h2,4-5,7-8,12,22H,1,3,6,9-10H2,(H,18,23)/t12-/m0/s1. The van der Waals surface area contributed by atoms with Gasteiger partial charge in [0.2, 0.25) is 5.95 Å². The van der Waals surface area contributed by atoms with Crippen molar-refractivity contribution >= 4 is 11.9 Å². The lowest BCUT2D eigenvalue weighted by atomic mass is 10.2. The van der Waals surface area contributed by atoms with Gasteiger partial charge in [-0.1, -0.05) is 0 Å². The van der Waals surface area contributed by atoms with Crippen molar-refractivity contribution in [2.45, 2.75) is 25.4 Å². The van der Waals surface area contributed by atoms with Gasteiger partial charge in [-0.3, -0.25) is 4.79 Å². The third kappa shape index (κ3) is 3.59. The number of amides is 1. The molecule has 120 valence electrons. The Morgan fingerprint density at radius 2 is 2.00 bits per heavy atom. The average Bonchev–Trinajstić information content (AvgIpc) is 3.09. The van der Waals surface area contributed by atoms with E-state index in [0.29, 0.717) is 17.3 Å². The SMILES string of the molecule is O=C(NCc1ncccn1)c1cnc(N2CCC[C@H]2CO)nc1.